The zero-order chi connectivity index (χ0) is 14.5. The van der Waals surface area contributed by atoms with E-state index in [1.165, 1.54) is 17.4 Å². The second-order valence-electron chi connectivity index (χ2n) is 3.85. The highest BCUT2D eigenvalue weighted by Crippen LogP contribution is 2.22. The van der Waals surface area contributed by atoms with Crippen molar-refractivity contribution in [2.75, 3.05) is 5.75 Å². The van der Waals surface area contributed by atoms with Crippen LogP contribution >= 0.6 is 34.7 Å². The van der Waals surface area contributed by atoms with Crippen molar-refractivity contribution in [1.29, 1.82) is 0 Å². The van der Waals surface area contributed by atoms with Gasteiger partial charge in [-0.1, -0.05) is 11.6 Å². The summed E-state index contributed by atoms with van der Waals surface area (Å²) in [7, 11) is 0. The van der Waals surface area contributed by atoms with Crippen LogP contribution in [0, 0.1) is 11.6 Å². The molecule has 7 heteroatoms. The van der Waals surface area contributed by atoms with Crippen LogP contribution in [0.25, 0.3) is 0 Å². The largest absolute Gasteiger partial charge is 0.350 e. The van der Waals surface area contributed by atoms with Gasteiger partial charge in [0.05, 0.1) is 16.6 Å². The van der Waals surface area contributed by atoms with Gasteiger partial charge in [0.1, 0.15) is 0 Å². The summed E-state index contributed by atoms with van der Waals surface area (Å²) >= 11 is 8.33. The van der Waals surface area contributed by atoms with Gasteiger partial charge < -0.3 is 5.32 Å². The second kappa shape index (κ2) is 7.06. The van der Waals surface area contributed by atoms with Gasteiger partial charge in [-0.05, 0) is 30.3 Å². The number of carbonyl (C=O) groups is 1. The molecule has 0 aliphatic carbocycles. The molecule has 1 amide bonds. The molecule has 2 rings (SSSR count). The van der Waals surface area contributed by atoms with Gasteiger partial charge in [0.2, 0.25) is 5.91 Å². The lowest BCUT2D eigenvalue weighted by Gasteiger charge is -2.04. The Balaban J connectivity index is 1.78. The van der Waals surface area contributed by atoms with E-state index in [0.29, 0.717) is 15.8 Å². The number of halogens is 3. The number of thioether (sulfide) groups is 1. The lowest BCUT2D eigenvalue weighted by atomic mass is 10.3. The molecule has 0 spiro atoms. The fourth-order valence-electron chi connectivity index (χ4n) is 1.40. The van der Waals surface area contributed by atoms with Gasteiger partial charge in [-0.2, -0.15) is 0 Å². The third-order valence-electron chi connectivity index (χ3n) is 2.35. The quantitative estimate of drug-likeness (QED) is 0.835. The predicted octanol–water partition coefficient (Wildman–Crippen LogP) is 4.09. The lowest BCUT2D eigenvalue weighted by molar-refractivity contribution is -0.118. The summed E-state index contributed by atoms with van der Waals surface area (Å²) < 4.78 is 26.4. The van der Waals surface area contributed by atoms with Crippen LogP contribution in [0.1, 0.15) is 4.88 Å². The van der Waals surface area contributed by atoms with E-state index in [-0.39, 0.29) is 11.7 Å². The van der Waals surface area contributed by atoms with Crippen LogP contribution in [0.2, 0.25) is 4.34 Å². The molecule has 0 saturated carbocycles. The highest BCUT2D eigenvalue weighted by molar-refractivity contribution is 8.00. The maximum absolute atomic E-state index is 13.0. The molecule has 0 fully saturated rings. The monoisotopic (exact) mass is 333 g/mol. The fraction of sp³-hybridized carbons (Fsp3) is 0.154. The highest BCUT2D eigenvalue weighted by Gasteiger charge is 2.07. The van der Waals surface area contributed by atoms with Gasteiger partial charge in [-0.15, -0.1) is 23.1 Å². The zero-order valence-electron chi connectivity index (χ0n) is 10.2. The predicted molar refractivity (Wildman–Crippen MR) is 78.3 cm³/mol. The van der Waals surface area contributed by atoms with E-state index in [1.54, 1.807) is 6.07 Å². The van der Waals surface area contributed by atoms with Gasteiger partial charge in [0, 0.05) is 9.77 Å². The van der Waals surface area contributed by atoms with E-state index in [9.17, 15) is 13.6 Å². The van der Waals surface area contributed by atoms with E-state index in [2.05, 4.69) is 5.32 Å². The lowest BCUT2D eigenvalue weighted by Crippen LogP contribution is -2.24. The van der Waals surface area contributed by atoms with E-state index < -0.39 is 11.6 Å². The fourth-order valence-corrected chi connectivity index (χ4v) is 3.18. The molecule has 2 aromatic rings. The third kappa shape index (κ3) is 4.47. The number of thiophene rings is 1. The SMILES string of the molecule is O=C(CSc1ccc(F)c(F)c1)NCc1ccc(Cl)s1. The minimum Gasteiger partial charge on any atom is -0.350 e. The van der Waals surface area contributed by atoms with Crippen molar-refractivity contribution in [3.63, 3.8) is 0 Å². The van der Waals surface area contributed by atoms with Crippen molar-refractivity contribution in [2.24, 2.45) is 0 Å². The Kier molecular flexibility index (Phi) is 5.39. The molecule has 1 heterocycles. The second-order valence-corrected chi connectivity index (χ2v) is 6.70. The molecule has 0 atom stereocenters. The molecular weight excluding hydrogens is 324 g/mol. The van der Waals surface area contributed by atoms with Gasteiger partial charge in [-0.3, -0.25) is 4.79 Å². The maximum Gasteiger partial charge on any atom is 0.230 e. The van der Waals surface area contributed by atoms with E-state index in [4.69, 9.17) is 11.6 Å². The molecule has 20 heavy (non-hydrogen) atoms. The number of rotatable bonds is 5. The van der Waals surface area contributed by atoms with E-state index in [0.717, 1.165) is 28.8 Å². The highest BCUT2D eigenvalue weighted by atomic mass is 35.5. The molecule has 1 aromatic carbocycles. The molecule has 1 N–H and O–H groups in total. The standard InChI is InChI=1S/C13H10ClF2NOS2/c14-12-4-2-9(20-12)6-17-13(18)7-19-8-1-3-10(15)11(16)5-8/h1-5H,6-7H2,(H,17,18). The first-order chi connectivity index (χ1) is 9.54. The first-order valence-electron chi connectivity index (χ1n) is 5.63. The Morgan fingerprint density at radius 1 is 1.25 bits per heavy atom. The van der Waals surface area contributed by atoms with Crippen LogP contribution in [0.5, 0.6) is 0 Å². The Bertz CT molecular complexity index is 618. The number of amides is 1. The first-order valence-corrected chi connectivity index (χ1v) is 7.81. The van der Waals surface area contributed by atoms with Crippen LogP contribution in [0.15, 0.2) is 35.2 Å². The van der Waals surface area contributed by atoms with Crippen molar-refractivity contribution in [3.05, 3.63) is 51.2 Å². The summed E-state index contributed by atoms with van der Waals surface area (Å²) in [4.78, 5) is 13.1. The van der Waals surface area contributed by atoms with Crippen molar-refractivity contribution in [1.82, 2.24) is 5.32 Å². The molecular formula is C13H10ClF2NOS2. The maximum atomic E-state index is 13.0. The number of carbonyl (C=O) groups excluding carboxylic acids is 1. The smallest absolute Gasteiger partial charge is 0.230 e. The van der Waals surface area contributed by atoms with Crippen molar-refractivity contribution in [2.45, 2.75) is 11.4 Å². The Morgan fingerprint density at radius 2 is 2.05 bits per heavy atom. The molecule has 106 valence electrons. The normalized spacial score (nSPS) is 10.6. The molecule has 0 bridgehead atoms. The summed E-state index contributed by atoms with van der Waals surface area (Å²) in [5.41, 5.74) is 0. The van der Waals surface area contributed by atoms with Crippen LogP contribution < -0.4 is 5.32 Å². The van der Waals surface area contributed by atoms with Crippen molar-refractivity contribution >= 4 is 40.6 Å². The van der Waals surface area contributed by atoms with Crippen LogP contribution in [-0.4, -0.2) is 11.7 Å². The van der Waals surface area contributed by atoms with Crippen molar-refractivity contribution < 1.29 is 13.6 Å². The Morgan fingerprint density at radius 3 is 2.70 bits per heavy atom. The summed E-state index contributed by atoms with van der Waals surface area (Å²) in [6.07, 6.45) is 0. The number of benzene rings is 1. The van der Waals surface area contributed by atoms with Gasteiger partial charge in [-0.25, -0.2) is 8.78 Å². The van der Waals surface area contributed by atoms with Gasteiger partial charge in [0.25, 0.3) is 0 Å². The van der Waals surface area contributed by atoms with Crippen molar-refractivity contribution in [3.8, 4) is 0 Å². The number of hydrogen-bond donors (Lipinski definition) is 1. The average molecular weight is 334 g/mol. The molecule has 2 nitrogen and oxygen atoms in total. The van der Waals surface area contributed by atoms with E-state index >= 15 is 0 Å². The Labute approximate surface area is 128 Å². The van der Waals surface area contributed by atoms with Crippen LogP contribution in [0.3, 0.4) is 0 Å². The molecule has 0 aliphatic heterocycles. The zero-order valence-corrected chi connectivity index (χ0v) is 12.5. The molecule has 0 radical (unpaired) electrons. The van der Waals surface area contributed by atoms with E-state index in [1.807, 2.05) is 6.07 Å². The third-order valence-corrected chi connectivity index (χ3v) is 4.57. The van der Waals surface area contributed by atoms with Gasteiger partial charge >= 0.3 is 0 Å². The summed E-state index contributed by atoms with van der Waals surface area (Å²) in [6, 6.07) is 7.17. The van der Waals surface area contributed by atoms with Gasteiger partial charge in [0.15, 0.2) is 11.6 Å². The number of hydrogen-bond acceptors (Lipinski definition) is 3. The topological polar surface area (TPSA) is 29.1 Å². The van der Waals surface area contributed by atoms with Crippen LogP contribution in [-0.2, 0) is 11.3 Å². The summed E-state index contributed by atoms with van der Waals surface area (Å²) in [5.74, 6) is -1.84. The summed E-state index contributed by atoms with van der Waals surface area (Å²) in [5, 5.41) is 2.73. The van der Waals surface area contributed by atoms with Crippen LogP contribution in [0.4, 0.5) is 8.78 Å². The first kappa shape index (κ1) is 15.3. The molecule has 1 aromatic heterocycles. The summed E-state index contributed by atoms with van der Waals surface area (Å²) in [6.45, 7) is 0.411. The molecule has 0 saturated heterocycles. The Hall–Kier alpha value is -1.11. The minimum atomic E-state index is -0.913. The molecule has 0 aliphatic rings. The minimum absolute atomic E-state index is 0.143. The average Bonchev–Trinajstić information content (AvgIpc) is 2.83. The number of nitrogens with one attached hydrogen (secondary N) is 1. The molecule has 0 unspecified atom stereocenters.